The Labute approximate surface area is 102 Å². The second-order valence-electron chi connectivity index (χ2n) is 5.39. The Kier molecular flexibility index (Phi) is 2.68. The molecule has 0 N–H and O–H groups in total. The standard InChI is InChI=1S/C13H18N4/c1-13(2,3)10-9-17-11(15-10)6-7-14-8-12(17)16(4)5/h6,8-9H,1-5H3. The molecule has 4 heteroatoms. The van der Waals surface area contributed by atoms with Crippen LogP contribution in [0.15, 0.2) is 17.4 Å². The van der Waals surface area contributed by atoms with Crippen LogP contribution < -0.4 is 0 Å². The summed E-state index contributed by atoms with van der Waals surface area (Å²) < 4.78 is 2.05. The number of hydrogen-bond donors (Lipinski definition) is 0. The molecule has 0 radical (unpaired) electrons. The molecule has 1 aromatic heterocycles. The monoisotopic (exact) mass is 230 g/mol. The zero-order valence-electron chi connectivity index (χ0n) is 11.0. The molecule has 0 saturated heterocycles. The van der Waals surface area contributed by atoms with E-state index in [0.29, 0.717) is 0 Å². The van der Waals surface area contributed by atoms with E-state index in [-0.39, 0.29) is 5.41 Å². The van der Waals surface area contributed by atoms with Crippen LogP contribution in [0.2, 0.25) is 0 Å². The fourth-order valence-corrected chi connectivity index (χ4v) is 1.62. The summed E-state index contributed by atoms with van der Waals surface area (Å²) >= 11 is 0. The van der Waals surface area contributed by atoms with Gasteiger partial charge in [-0.25, -0.2) is 9.98 Å². The number of imidazole rings is 1. The molecular weight excluding hydrogens is 212 g/mol. The first-order chi connectivity index (χ1) is 7.89. The third-order valence-electron chi connectivity index (χ3n) is 2.65. The van der Waals surface area contributed by atoms with Gasteiger partial charge in [-0.3, -0.25) is 4.57 Å². The molecule has 1 aromatic rings. The highest BCUT2D eigenvalue weighted by atomic mass is 15.3. The van der Waals surface area contributed by atoms with Crippen LogP contribution in [0, 0.1) is 0 Å². The van der Waals surface area contributed by atoms with Gasteiger partial charge in [-0.15, -0.1) is 0 Å². The van der Waals surface area contributed by atoms with E-state index in [0.717, 1.165) is 17.3 Å². The maximum absolute atomic E-state index is 4.63. The molecule has 0 spiro atoms. The number of nitrogens with zero attached hydrogens (tertiary/aromatic N) is 4. The first-order valence-electron chi connectivity index (χ1n) is 5.66. The van der Waals surface area contributed by atoms with Gasteiger partial charge in [-0.1, -0.05) is 20.8 Å². The van der Waals surface area contributed by atoms with Gasteiger partial charge in [0.15, 0.2) is 0 Å². The molecule has 2 heterocycles. The van der Waals surface area contributed by atoms with Crippen LogP contribution in [0.3, 0.4) is 0 Å². The maximum atomic E-state index is 4.63. The van der Waals surface area contributed by atoms with Crippen molar-refractivity contribution in [2.45, 2.75) is 26.2 Å². The highest BCUT2D eigenvalue weighted by molar-refractivity contribution is 5.78. The average molecular weight is 230 g/mol. The number of fused-ring (bicyclic) bond motifs is 1. The predicted octanol–water partition coefficient (Wildman–Crippen LogP) is 2.19. The third kappa shape index (κ3) is 2.17. The minimum atomic E-state index is 0.0433. The van der Waals surface area contributed by atoms with Crippen molar-refractivity contribution in [3.8, 4) is 0 Å². The number of aromatic nitrogens is 2. The fraction of sp³-hybridized carbons (Fsp3) is 0.462. The van der Waals surface area contributed by atoms with Crippen LogP contribution in [0.5, 0.6) is 0 Å². The maximum Gasteiger partial charge on any atom is 0.148 e. The Hall–Kier alpha value is -1.80. The summed E-state index contributed by atoms with van der Waals surface area (Å²) in [6.45, 7) is 6.48. The van der Waals surface area contributed by atoms with Crippen molar-refractivity contribution in [2.75, 3.05) is 14.1 Å². The quantitative estimate of drug-likeness (QED) is 0.741. The molecule has 17 heavy (non-hydrogen) atoms. The summed E-state index contributed by atoms with van der Waals surface area (Å²) in [5, 5.41) is 0. The van der Waals surface area contributed by atoms with Gasteiger partial charge < -0.3 is 4.90 Å². The summed E-state index contributed by atoms with van der Waals surface area (Å²) in [7, 11) is 3.99. The molecule has 1 aliphatic rings. The van der Waals surface area contributed by atoms with Gasteiger partial charge in [-0.2, -0.15) is 0 Å². The lowest BCUT2D eigenvalue weighted by Crippen LogP contribution is -2.16. The average Bonchev–Trinajstić information content (AvgIpc) is 2.52. The molecule has 0 atom stereocenters. The molecule has 0 amide bonds. The van der Waals surface area contributed by atoms with Crippen LogP contribution in [0.25, 0.3) is 11.9 Å². The normalized spacial score (nSPS) is 14.3. The van der Waals surface area contributed by atoms with E-state index in [1.165, 1.54) is 0 Å². The van der Waals surface area contributed by atoms with Crippen molar-refractivity contribution in [1.82, 2.24) is 14.5 Å². The van der Waals surface area contributed by atoms with Gasteiger partial charge >= 0.3 is 0 Å². The molecule has 0 bridgehead atoms. The molecule has 0 fully saturated rings. The van der Waals surface area contributed by atoms with E-state index in [2.05, 4.69) is 42.8 Å². The summed E-state index contributed by atoms with van der Waals surface area (Å²) in [5.41, 5.74) is 1.11. The topological polar surface area (TPSA) is 33.4 Å². The van der Waals surface area contributed by atoms with Crippen LogP contribution >= 0.6 is 0 Å². The molecule has 0 saturated carbocycles. The van der Waals surface area contributed by atoms with Crippen molar-refractivity contribution in [2.24, 2.45) is 4.99 Å². The SMILES string of the molecule is CN(C)C1=CN=C=Cc2nc(C(C)(C)C)cn21. The summed E-state index contributed by atoms with van der Waals surface area (Å²) in [6.07, 6.45) is 5.67. The molecule has 4 nitrogen and oxygen atoms in total. The highest BCUT2D eigenvalue weighted by Gasteiger charge is 2.21. The minimum absolute atomic E-state index is 0.0433. The summed E-state index contributed by atoms with van der Waals surface area (Å²) in [6, 6.07) is 0. The Balaban J connectivity index is 2.57. The largest absolute Gasteiger partial charge is 0.363 e. The highest BCUT2D eigenvalue weighted by Crippen LogP contribution is 2.24. The van der Waals surface area contributed by atoms with E-state index in [1.807, 2.05) is 29.6 Å². The predicted molar refractivity (Wildman–Crippen MR) is 70.8 cm³/mol. The third-order valence-corrected chi connectivity index (χ3v) is 2.65. The van der Waals surface area contributed by atoms with Gasteiger partial charge in [0.25, 0.3) is 0 Å². The first kappa shape index (κ1) is 11.7. The van der Waals surface area contributed by atoms with E-state index in [9.17, 15) is 0 Å². The van der Waals surface area contributed by atoms with Crippen molar-refractivity contribution in [1.29, 1.82) is 0 Å². The summed E-state index contributed by atoms with van der Waals surface area (Å²) in [5.74, 6) is 4.73. The van der Waals surface area contributed by atoms with Crippen LogP contribution in [0.4, 0.5) is 0 Å². The van der Waals surface area contributed by atoms with Crippen molar-refractivity contribution >= 4 is 17.8 Å². The number of hydrogen-bond acceptors (Lipinski definition) is 3. The Morgan fingerprint density at radius 3 is 2.59 bits per heavy atom. The minimum Gasteiger partial charge on any atom is -0.363 e. The molecule has 0 aromatic carbocycles. The fourth-order valence-electron chi connectivity index (χ4n) is 1.62. The van der Waals surface area contributed by atoms with Crippen LogP contribution in [-0.2, 0) is 5.41 Å². The number of aliphatic imine (C=N–C) groups is 1. The zero-order chi connectivity index (χ0) is 12.6. The number of rotatable bonds is 1. The summed E-state index contributed by atoms with van der Waals surface area (Å²) in [4.78, 5) is 10.7. The molecule has 90 valence electrons. The van der Waals surface area contributed by atoms with Gasteiger partial charge in [0.1, 0.15) is 11.6 Å². The van der Waals surface area contributed by atoms with Gasteiger partial charge in [0.05, 0.1) is 11.9 Å². The van der Waals surface area contributed by atoms with Crippen molar-refractivity contribution in [3.63, 3.8) is 0 Å². The molecule has 0 unspecified atom stereocenters. The molecule has 2 rings (SSSR count). The lowest BCUT2D eigenvalue weighted by Gasteiger charge is -2.18. The lowest BCUT2D eigenvalue weighted by atomic mass is 9.93. The van der Waals surface area contributed by atoms with E-state index in [4.69, 9.17) is 0 Å². The van der Waals surface area contributed by atoms with E-state index in [1.54, 1.807) is 6.20 Å². The van der Waals surface area contributed by atoms with Gasteiger partial charge in [-0.05, 0) is 5.87 Å². The second-order valence-corrected chi connectivity index (χ2v) is 5.39. The van der Waals surface area contributed by atoms with Crippen LogP contribution in [-0.4, -0.2) is 34.4 Å². The smallest absolute Gasteiger partial charge is 0.148 e. The van der Waals surface area contributed by atoms with Gasteiger partial charge in [0.2, 0.25) is 0 Å². The van der Waals surface area contributed by atoms with Crippen molar-refractivity contribution in [3.05, 3.63) is 23.9 Å². The molecular formula is C13H18N4. The Morgan fingerprint density at radius 1 is 1.29 bits per heavy atom. The first-order valence-corrected chi connectivity index (χ1v) is 5.66. The molecule has 0 aliphatic carbocycles. The zero-order valence-corrected chi connectivity index (χ0v) is 11.0. The van der Waals surface area contributed by atoms with E-state index < -0.39 is 0 Å². The van der Waals surface area contributed by atoms with Gasteiger partial charge in [0, 0.05) is 31.8 Å². The Morgan fingerprint density at radius 2 is 2.00 bits per heavy atom. The second kappa shape index (κ2) is 3.90. The van der Waals surface area contributed by atoms with Crippen molar-refractivity contribution < 1.29 is 0 Å². The Bertz CT molecular complexity index is 520. The molecule has 1 aliphatic heterocycles. The van der Waals surface area contributed by atoms with Crippen LogP contribution in [0.1, 0.15) is 32.3 Å². The lowest BCUT2D eigenvalue weighted by molar-refractivity contribution is 0.551. The van der Waals surface area contributed by atoms with E-state index >= 15 is 0 Å².